The Balaban J connectivity index is 1.88. The lowest BCUT2D eigenvalue weighted by atomic mass is 9.89. The second-order valence-electron chi connectivity index (χ2n) is 7.13. The highest BCUT2D eigenvalue weighted by molar-refractivity contribution is 6.10. The summed E-state index contributed by atoms with van der Waals surface area (Å²) in [6, 6.07) is 19.6. The van der Waals surface area contributed by atoms with Crippen LogP contribution in [0.1, 0.15) is 22.7 Å². The molecule has 8 heteroatoms. The van der Waals surface area contributed by atoms with Gasteiger partial charge in [-0.1, -0.05) is 54.6 Å². The van der Waals surface area contributed by atoms with E-state index in [1.807, 2.05) is 42.6 Å². The molecule has 1 unspecified atom stereocenters. The Morgan fingerprint density at radius 1 is 0.968 bits per heavy atom. The quantitative estimate of drug-likeness (QED) is 0.216. The van der Waals surface area contributed by atoms with Gasteiger partial charge in [0, 0.05) is 5.56 Å². The molecule has 0 spiro atoms. The summed E-state index contributed by atoms with van der Waals surface area (Å²) >= 11 is 0. The minimum atomic E-state index is -0.596. The van der Waals surface area contributed by atoms with Gasteiger partial charge in [-0.3, -0.25) is 5.32 Å². The minimum absolute atomic E-state index is 0.0200. The van der Waals surface area contributed by atoms with Crippen molar-refractivity contribution in [1.29, 1.82) is 10.5 Å². The van der Waals surface area contributed by atoms with Crippen LogP contribution in [0, 0.1) is 22.8 Å². The van der Waals surface area contributed by atoms with Crippen LogP contribution in [0.4, 0.5) is 17.3 Å². The number of benzene rings is 3. The number of hydrogen-bond donors (Lipinski definition) is 4. The Bertz CT molecular complexity index is 1490. The van der Waals surface area contributed by atoms with E-state index >= 15 is 0 Å². The molecule has 0 amide bonds. The zero-order valence-corrected chi connectivity index (χ0v) is 16.2. The van der Waals surface area contributed by atoms with Crippen molar-refractivity contribution >= 4 is 44.8 Å². The molecule has 0 radical (unpaired) electrons. The summed E-state index contributed by atoms with van der Waals surface area (Å²) < 4.78 is 0. The highest BCUT2D eigenvalue weighted by Crippen LogP contribution is 2.43. The zero-order chi connectivity index (χ0) is 21.5. The van der Waals surface area contributed by atoms with E-state index in [0.29, 0.717) is 11.4 Å². The van der Waals surface area contributed by atoms with Crippen molar-refractivity contribution in [3.63, 3.8) is 0 Å². The third-order valence-corrected chi connectivity index (χ3v) is 5.45. The number of nitrogens with zero attached hydrogens (tertiary/aromatic N) is 4. The molecule has 1 aliphatic heterocycles. The van der Waals surface area contributed by atoms with E-state index < -0.39 is 6.04 Å². The number of nitriles is 2. The maximum atomic E-state index is 9.55. The molecule has 1 aliphatic rings. The van der Waals surface area contributed by atoms with Gasteiger partial charge in [0.25, 0.3) is 0 Å². The van der Waals surface area contributed by atoms with Gasteiger partial charge in [0.05, 0.1) is 5.69 Å². The Hall–Kier alpha value is -4.82. The lowest BCUT2D eigenvalue weighted by Crippen LogP contribution is -2.32. The number of anilines is 3. The fraction of sp³-hybridized carbons (Fsp3) is 0.0435. The third-order valence-electron chi connectivity index (χ3n) is 5.45. The topological polar surface area (TPSA) is 149 Å². The average molecular weight is 404 g/mol. The molecule has 5 rings (SSSR count). The Morgan fingerprint density at radius 3 is 2.55 bits per heavy atom. The molecule has 0 saturated heterocycles. The molecule has 1 atom stereocenters. The van der Waals surface area contributed by atoms with Gasteiger partial charge in [0.1, 0.15) is 29.3 Å². The standard InChI is InChI=1S/C23H16N8/c24-10-16-19(26)18-20(29-23(28-11-25)31-22(18)30-21(16)27)15-7-3-5-13-9-8-12-4-1-2-6-14(12)17(13)15/h1-9,20H,(H6,26,27,28,29,30,31). The van der Waals surface area contributed by atoms with Crippen molar-refractivity contribution < 1.29 is 0 Å². The number of guanidine groups is 1. The van der Waals surface area contributed by atoms with E-state index in [1.54, 1.807) is 0 Å². The first-order valence-electron chi connectivity index (χ1n) is 9.51. The number of nitrogens with one attached hydrogen (secondary N) is 2. The first kappa shape index (κ1) is 18.2. The van der Waals surface area contributed by atoms with E-state index in [9.17, 15) is 5.26 Å². The Kier molecular flexibility index (Phi) is 4.06. The molecule has 4 aromatic rings. The van der Waals surface area contributed by atoms with Gasteiger partial charge in [-0.15, -0.1) is 0 Å². The highest BCUT2D eigenvalue weighted by Gasteiger charge is 2.30. The van der Waals surface area contributed by atoms with Crippen molar-refractivity contribution in [2.24, 2.45) is 4.99 Å². The van der Waals surface area contributed by atoms with Crippen LogP contribution in [-0.2, 0) is 0 Å². The van der Waals surface area contributed by atoms with Crippen molar-refractivity contribution in [2.75, 3.05) is 16.8 Å². The average Bonchev–Trinajstić information content (AvgIpc) is 2.78. The number of aliphatic imine (C=N–C) groups is 1. The summed E-state index contributed by atoms with van der Waals surface area (Å²) in [5.41, 5.74) is 14.1. The van der Waals surface area contributed by atoms with Crippen LogP contribution in [0.25, 0.3) is 21.5 Å². The fourth-order valence-corrected chi connectivity index (χ4v) is 4.12. The highest BCUT2D eigenvalue weighted by atomic mass is 15.2. The summed E-state index contributed by atoms with van der Waals surface area (Å²) in [4.78, 5) is 9.04. The monoisotopic (exact) mass is 404 g/mol. The lowest BCUT2D eigenvalue weighted by molar-refractivity contribution is 0.855. The van der Waals surface area contributed by atoms with Gasteiger partial charge in [-0.05, 0) is 27.1 Å². The third kappa shape index (κ3) is 2.75. The number of fused-ring (bicyclic) bond motifs is 4. The van der Waals surface area contributed by atoms with E-state index in [-0.39, 0.29) is 23.0 Å². The number of hydrogen-bond acceptors (Lipinski definition) is 8. The van der Waals surface area contributed by atoms with Crippen molar-refractivity contribution in [3.05, 3.63) is 71.3 Å². The van der Waals surface area contributed by atoms with Crippen molar-refractivity contribution in [3.8, 4) is 12.3 Å². The maximum absolute atomic E-state index is 9.55. The van der Waals surface area contributed by atoms with Crippen LogP contribution in [0.15, 0.2) is 59.6 Å². The van der Waals surface area contributed by atoms with Gasteiger partial charge < -0.3 is 16.8 Å². The molecule has 3 aromatic carbocycles. The second-order valence-corrected chi connectivity index (χ2v) is 7.13. The largest absolute Gasteiger partial charge is 0.397 e. The molecule has 2 heterocycles. The Morgan fingerprint density at radius 2 is 1.74 bits per heavy atom. The predicted molar refractivity (Wildman–Crippen MR) is 121 cm³/mol. The SMILES string of the molecule is N#CNC1=NC(c2cccc3ccc4ccccc4c23)c2c(nc(N)c(C#N)c2N)N1. The summed E-state index contributed by atoms with van der Waals surface area (Å²) in [7, 11) is 0. The number of nitrogens with two attached hydrogens (primary N) is 2. The van der Waals surface area contributed by atoms with Crippen LogP contribution in [0.5, 0.6) is 0 Å². The molecule has 31 heavy (non-hydrogen) atoms. The van der Waals surface area contributed by atoms with Gasteiger partial charge in [0.2, 0.25) is 5.96 Å². The van der Waals surface area contributed by atoms with E-state index in [2.05, 4.69) is 39.9 Å². The van der Waals surface area contributed by atoms with E-state index in [4.69, 9.17) is 21.7 Å². The molecule has 1 aromatic heterocycles. The molecular formula is C23H16N8. The smallest absolute Gasteiger partial charge is 0.211 e. The first-order valence-corrected chi connectivity index (χ1v) is 9.51. The number of pyridine rings is 1. The van der Waals surface area contributed by atoms with Crippen LogP contribution in [0.2, 0.25) is 0 Å². The molecule has 0 aliphatic carbocycles. The summed E-state index contributed by atoms with van der Waals surface area (Å²) in [5, 5.41) is 28.4. The molecule has 148 valence electrons. The normalized spacial score (nSPS) is 14.8. The maximum Gasteiger partial charge on any atom is 0.211 e. The summed E-state index contributed by atoms with van der Waals surface area (Å²) in [6.07, 6.45) is 1.87. The van der Waals surface area contributed by atoms with Crippen LogP contribution < -0.4 is 22.1 Å². The Labute approximate surface area is 177 Å². The summed E-state index contributed by atoms with van der Waals surface area (Å²) in [5.74, 6) is 0.615. The first-order chi connectivity index (χ1) is 15.1. The second kappa shape index (κ2) is 6.90. The molecular weight excluding hydrogens is 388 g/mol. The van der Waals surface area contributed by atoms with Gasteiger partial charge in [-0.2, -0.15) is 10.5 Å². The van der Waals surface area contributed by atoms with Gasteiger partial charge >= 0.3 is 0 Å². The van der Waals surface area contributed by atoms with Crippen LogP contribution >= 0.6 is 0 Å². The zero-order valence-electron chi connectivity index (χ0n) is 16.2. The summed E-state index contributed by atoms with van der Waals surface area (Å²) in [6.45, 7) is 0. The molecule has 0 fully saturated rings. The van der Waals surface area contributed by atoms with Crippen LogP contribution in [0.3, 0.4) is 0 Å². The fourth-order valence-electron chi connectivity index (χ4n) is 4.12. The molecule has 0 bridgehead atoms. The predicted octanol–water partition coefficient (Wildman–Crippen LogP) is 3.37. The minimum Gasteiger partial charge on any atom is -0.397 e. The number of aromatic nitrogens is 1. The number of nitrogen functional groups attached to an aromatic ring is 2. The van der Waals surface area contributed by atoms with Crippen molar-refractivity contribution in [1.82, 2.24) is 10.3 Å². The van der Waals surface area contributed by atoms with Gasteiger partial charge in [0.15, 0.2) is 6.19 Å². The van der Waals surface area contributed by atoms with E-state index in [0.717, 1.165) is 27.1 Å². The van der Waals surface area contributed by atoms with E-state index in [1.165, 1.54) is 0 Å². The molecule has 6 N–H and O–H groups in total. The molecule has 0 saturated carbocycles. The van der Waals surface area contributed by atoms with Crippen molar-refractivity contribution in [2.45, 2.75) is 6.04 Å². The van der Waals surface area contributed by atoms with Crippen LogP contribution in [-0.4, -0.2) is 10.9 Å². The number of rotatable bonds is 1. The molecule has 8 nitrogen and oxygen atoms in total. The van der Waals surface area contributed by atoms with Gasteiger partial charge in [-0.25, -0.2) is 9.98 Å². The lowest BCUT2D eigenvalue weighted by Gasteiger charge is -2.27.